The van der Waals surface area contributed by atoms with Crippen LogP contribution in [0.25, 0.3) is 0 Å². The Morgan fingerprint density at radius 2 is 2.43 bits per heavy atom. The van der Waals surface area contributed by atoms with E-state index in [-0.39, 0.29) is 8.46 Å². The average molecular weight is 121 g/mol. The van der Waals surface area contributed by atoms with Crippen LogP contribution in [0.15, 0.2) is 0 Å². The van der Waals surface area contributed by atoms with Crippen LogP contribution in [0, 0.1) is 0 Å². The summed E-state index contributed by atoms with van der Waals surface area (Å²) in [5.74, 6) is 0. The van der Waals surface area contributed by atoms with E-state index in [1.807, 2.05) is 0 Å². The first kappa shape index (κ1) is 7.06. The second kappa shape index (κ2) is 6.06. The molecule has 0 aromatic heterocycles. The van der Waals surface area contributed by atoms with Crippen molar-refractivity contribution >= 4 is 8.46 Å². The minimum Gasteiger partial charge on any atom is -0.385 e. The average Bonchev–Trinajstić information content (AvgIpc) is 1.69. The van der Waals surface area contributed by atoms with Crippen molar-refractivity contribution in [1.29, 1.82) is 0 Å². The smallest absolute Gasteiger partial charge is 0.324 e. The second-order valence-corrected chi connectivity index (χ2v) is 2.03. The molecule has 0 fully saturated rings. The van der Waals surface area contributed by atoms with E-state index in [0.717, 1.165) is 19.2 Å². The Bertz CT molecular complexity index is 47.0. The van der Waals surface area contributed by atoms with Crippen LogP contribution in [0.5, 0.6) is 0 Å². The Labute approximate surface area is 45.1 Å². The van der Waals surface area contributed by atoms with Crippen LogP contribution in [0.1, 0.15) is 6.42 Å². The maximum absolute atomic E-state index is 9.78. The summed E-state index contributed by atoms with van der Waals surface area (Å²) in [5.41, 5.74) is 0. The molecule has 0 N–H and O–H groups in total. The van der Waals surface area contributed by atoms with Gasteiger partial charge in [0, 0.05) is 13.5 Å². The van der Waals surface area contributed by atoms with E-state index in [9.17, 15) is 4.57 Å². The molecule has 3 heteroatoms. The molecule has 0 bridgehead atoms. The first-order chi connectivity index (χ1) is 3.41. The van der Waals surface area contributed by atoms with E-state index >= 15 is 0 Å². The van der Waals surface area contributed by atoms with Gasteiger partial charge in [-0.15, -0.1) is 0 Å². The third-order valence-electron chi connectivity index (χ3n) is 0.627. The zero-order chi connectivity index (χ0) is 5.54. The minimum absolute atomic E-state index is 0.162. The Morgan fingerprint density at radius 3 is 2.86 bits per heavy atom. The van der Waals surface area contributed by atoms with Crippen LogP contribution in [0.3, 0.4) is 0 Å². The molecule has 42 valence electrons. The van der Waals surface area contributed by atoms with E-state index in [1.165, 1.54) is 0 Å². The predicted octanol–water partition coefficient (Wildman–Crippen LogP) is 1.05. The Balaban J connectivity index is 2.56. The van der Waals surface area contributed by atoms with Gasteiger partial charge in [0.05, 0.1) is 6.61 Å². The van der Waals surface area contributed by atoms with Gasteiger partial charge >= 0.3 is 8.46 Å². The number of hydrogen-bond acceptors (Lipinski definition) is 2. The van der Waals surface area contributed by atoms with Crippen LogP contribution >= 0.6 is 8.46 Å². The molecule has 0 radical (unpaired) electrons. The summed E-state index contributed by atoms with van der Waals surface area (Å²) in [6.07, 6.45) is 1.69. The van der Waals surface area contributed by atoms with E-state index in [1.54, 1.807) is 7.11 Å². The highest BCUT2D eigenvalue weighted by Gasteiger charge is 1.88. The molecule has 0 saturated carbocycles. The van der Waals surface area contributed by atoms with E-state index < -0.39 is 0 Å². The van der Waals surface area contributed by atoms with Gasteiger partial charge in [-0.1, -0.05) is 4.57 Å². The van der Waals surface area contributed by atoms with Crippen molar-refractivity contribution in [1.82, 2.24) is 0 Å². The van der Waals surface area contributed by atoms with E-state index in [4.69, 9.17) is 4.74 Å². The second-order valence-electron chi connectivity index (χ2n) is 1.24. The van der Waals surface area contributed by atoms with E-state index in [0.29, 0.717) is 0 Å². The molecule has 0 rings (SSSR count). The van der Waals surface area contributed by atoms with Gasteiger partial charge in [-0.2, -0.15) is 0 Å². The number of ether oxygens (including phenoxy) is 1. The highest BCUT2D eigenvalue weighted by atomic mass is 31.1. The first-order valence-corrected chi connectivity index (χ1v) is 3.37. The third kappa shape index (κ3) is 6.06. The highest BCUT2D eigenvalue weighted by molar-refractivity contribution is 7.23. The van der Waals surface area contributed by atoms with Gasteiger partial charge in [0.15, 0.2) is 0 Å². The molecule has 0 aliphatic rings. The van der Waals surface area contributed by atoms with Crippen molar-refractivity contribution in [3.63, 3.8) is 0 Å². The van der Waals surface area contributed by atoms with Gasteiger partial charge in [-0.05, 0) is 0 Å². The van der Waals surface area contributed by atoms with Gasteiger partial charge in [-0.3, -0.25) is 0 Å². The molecular formula is C4H10O2P+. The Kier molecular flexibility index (Phi) is 6.11. The first-order valence-electron chi connectivity index (χ1n) is 2.25. The fraction of sp³-hybridized carbons (Fsp3) is 1.00. The van der Waals surface area contributed by atoms with Crippen LogP contribution in [0.2, 0.25) is 0 Å². The van der Waals surface area contributed by atoms with Crippen molar-refractivity contribution in [2.24, 2.45) is 0 Å². The lowest BCUT2D eigenvalue weighted by Gasteiger charge is -1.85. The van der Waals surface area contributed by atoms with Crippen molar-refractivity contribution in [2.45, 2.75) is 6.42 Å². The fourth-order valence-corrected chi connectivity index (χ4v) is 0.577. The number of methoxy groups -OCH3 is 1. The Hall–Kier alpha value is 0.0600. The summed E-state index contributed by atoms with van der Waals surface area (Å²) in [6.45, 7) is 0.731. The van der Waals surface area contributed by atoms with Crippen molar-refractivity contribution in [3.05, 3.63) is 0 Å². The zero-order valence-electron chi connectivity index (χ0n) is 4.44. The SMILES string of the molecule is COCCC[PH+]=O. The topological polar surface area (TPSA) is 26.3 Å². The fourth-order valence-electron chi connectivity index (χ4n) is 0.289. The molecule has 0 aliphatic carbocycles. The lowest BCUT2D eigenvalue weighted by molar-refractivity contribution is 0.200. The molecule has 2 nitrogen and oxygen atoms in total. The predicted molar refractivity (Wildman–Crippen MR) is 30.4 cm³/mol. The molecule has 0 saturated heterocycles. The summed E-state index contributed by atoms with van der Waals surface area (Å²) in [4.78, 5) is 0. The number of rotatable bonds is 4. The summed E-state index contributed by atoms with van der Waals surface area (Å²) >= 11 is 0. The molecule has 0 aliphatic heterocycles. The standard InChI is InChI=1S/C4H9O2P/c1-6-3-2-4-7-5/h2-4H2,1H3/p+1. The van der Waals surface area contributed by atoms with Crippen molar-refractivity contribution in [2.75, 3.05) is 19.9 Å². The van der Waals surface area contributed by atoms with Gasteiger partial charge < -0.3 is 4.74 Å². The quantitative estimate of drug-likeness (QED) is 0.410. The monoisotopic (exact) mass is 121 g/mol. The largest absolute Gasteiger partial charge is 0.385 e. The normalized spacial score (nSPS) is 9.86. The molecule has 0 aromatic carbocycles. The Morgan fingerprint density at radius 1 is 1.71 bits per heavy atom. The maximum Gasteiger partial charge on any atom is 0.324 e. The molecule has 0 amide bonds. The molecule has 0 spiro atoms. The molecule has 0 aromatic rings. The van der Waals surface area contributed by atoms with Gasteiger partial charge in [-0.25, -0.2) is 0 Å². The lowest BCUT2D eigenvalue weighted by atomic mass is 10.5. The van der Waals surface area contributed by atoms with Crippen molar-refractivity contribution in [3.8, 4) is 0 Å². The zero-order valence-corrected chi connectivity index (χ0v) is 5.44. The maximum atomic E-state index is 9.78. The van der Waals surface area contributed by atoms with Crippen molar-refractivity contribution < 1.29 is 9.30 Å². The van der Waals surface area contributed by atoms with Crippen LogP contribution in [-0.4, -0.2) is 19.9 Å². The summed E-state index contributed by atoms with van der Waals surface area (Å²) in [5, 5.41) is 0. The summed E-state index contributed by atoms with van der Waals surface area (Å²) in [7, 11) is 1.48. The molecular weight excluding hydrogens is 111 g/mol. The molecule has 0 heterocycles. The van der Waals surface area contributed by atoms with Crippen LogP contribution in [0.4, 0.5) is 0 Å². The minimum atomic E-state index is -0.162. The number of hydrogen-bond donors (Lipinski definition) is 0. The summed E-state index contributed by atoms with van der Waals surface area (Å²) in [6, 6.07) is 0. The van der Waals surface area contributed by atoms with Crippen LogP contribution in [-0.2, 0) is 9.30 Å². The van der Waals surface area contributed by atoms with Crippen LogP contribution < -0.4 is 0 Å². The molecule has 7 heavy (non-hydrogen) atoms. The van der Waals surface area contributed by atoms with Gasteiger partial charge in [0.2, 0.25) is 0 Å². The van der Waals surface area contributed by atoms with Gasteiger partial charge in [0.25, 0.3) is 0 Å². The summed E-state index contributed by atoms with van der Waals surface area (Å²) < 4.78 is 14.5. The third-order valence-corrected chi connectivity index (χ3v) is 1.18. The molecule has 1 atom stereocenters. The lowest BCUT2D eigenvalue weighted by Crippen LogP contribution is -1.86. The molecule has 1 unspecified atom stereocenters. The van der Waals surface area contributed by atoms with E-state index in [2.05, 4.69) is 0 Å². The van der Waals surface area contributed by atoms with Gasteiger partial charge in [0.1, 0.15) is 6.16 Å². The highest BCUT2D eigenvalue weighted by Crippen LogP contribution is 1.93.